The van der Waals surface area contributed by atoms with Gasteiger partial charge in [0.25, 0.3) is 0 Å². The molecule has 3 nitrogen and oxygen atoms in total. The normalized spacial score (nSPS) is 21.9. The Labute approximate surface area is 125 Å². The van der Waals surface area contributed by atoms with Gasteiger partial charge >= 0.3 is 5.97 Å². The second kappa shape index (κ2) is 8.02. The van der Waals surface area contributed by atoms with E-state index in [9.17, 15) is 4.79 Å². The molecule has 1 aliphatic rings. The van der Waals surface area contributed by atoms with Crippen LogP contribution >= 0.6 is 0 Å². The highest BCUT2D eigenvalue weighted by atomic mass is 16.6. The van der Waals surface area contributed by atoms with Crippen LogP contribution in [0.25, 0.3) is 0 Å². The molecule has 118 valence electrons. The maximum absolute atomic E-state index is 12.3. The van der Waals surface area contributed by atoms with Gasteiger partial charge in [-0.15, -0.1) is 0 Å². The van der Waals surface area contributed by atoms with Gasteiger partial charge in [-0.1, -0.05) is 33.1 Å². The van der Waals surface area contributed by atoms with E-state index in [-0.39, 0.29) is 17.6 Å². The summed E-state index contributed by atoms with van der Waals surface area (Å²) in [5.41, 5.74) is -0.377. The van der Waals surface area contributed by atoms with Gasteiger partial charge in [0.05, 0.1) is 0 Å². The molecule has 0 N–H and O–H groups in total. The van der Waals surface area contributed by atoms with Crippen molar-refractivity contribution in [2.75, 3.05) is 13.1 Å². The number of unbranched alkanes of at least 4 members (excludes halogenated alkanes) is 1. The third-order valence-electron chi connectivity index (χ3n) is 4.08. The number of carbonyl (C=O) groups excluding carboxylic acids is 1. The average Bonchev–Trinajstić information content (AvgIpc) is 2.80. The zero-order chi connectivity index (χ0) is 15.2. The maximum atomic E-state index is 12.3. The Morgan fingerprint density at radius 1 is 1.35 bits per heavy atom. The summed E-state index contributed by atoms with van der Waals surface area (Å²) in [5, 5.41) is 0. The number of ether oxygens (including phenoxy) is 1. The van der Waals surface area contributed by atoms with Crippen molar-refractivity contribution in [1.82, 2.24) is 4.90 Å². The summed E-state index contributed by atoms with van der Waals surface area (Å²) in [7, 11) is 0. The molecule has 0 aromatic heterocycles. The summed E-state index contributed by atoms with van der Waals surface area (Å²) in [6, 6.07) is -0.00935. The number of esters is 1. The summed E-state index contributed by atoms with van der Waals surface area (Å²) in [5.74, 6) is 0.693. The molecule has 2 atom stereocenters. The zero-order valence-corrected chi connectivity index (χ0v) is 14.1. The lowest BCUT2D eigenvalue weighted by atomic mass is 9.98. The molecule has 0 saturated carbocycles. The second-order valence-electron chi connectivity index (χ2n) is 7.10. The highest BCUT2D eigenvalue weighted by molar-refractivity contribution is 5.76. The molecule has 1 saturated heterocycles. The molecule has 1 heterocycles. The molecule has 0 aromatic rings. The Morgan fingerprint density at radius 3 is 2.60 bits per heavy atom. The van der Waals surface area contributed by atoms with Crippen molar-refractivity contribution in [1.29, 1.82) is 0 Å². The Kier molecular flexibility index (Phi) is 7.01. The van der Waals surface area contributed by atoms with E-state index >= 15 is 0 Å². The van der Waals surface area contributed by atoms with Crippen molar-refractivity contribution < 1.29 is 9.53 Å². The van der Waals surface area contributed by atoms with Crippen LogP contribution in [-0.2, 0) is 9.53 Å². The first-order valence-corrected chi connectivity index (χ1v) is 8.34. The summed E-state index contributed by atoms with van der Waals surface area (Å²) in [6.07, 6.45) is 7.12. The van der Waals surface area contributed by atoms with Gasteiger partial charge in [-0.25, -0.2) is 0 Å². The fourth-order valence-electron chi connectivity index (χ4n) is 2.93. The molecule has 0 spiro atoms. The molecule has 3 heteroatoms. The van der Waals surface area contributed by atoms with Crippen molar-refractivity contribution in [2.45, 2.75) is 84.8 Å². The lowest BCUT2D eigenvalue weighted by Gasteiger charge is -2.29. The summed E-state index contributed by atoms with van der Waals surface area (Å²) < 4.78 is 5.57. The van der Waals surface area contributed by atoms with Crippen molar-refractivity contribution in [3.8, 4) is 0 Å². The van der Waals surface area contributed by atoms with Crippen LogP contribution in [0.15, 0.2) is 0 Å². The number of nitrogens with zero attached hydrogens (tertiary/aromatic N) is 1. The van der Waals surface area contributed by atoms with Crippen LogP contribution in [0, 0.1) is 5.92 Å². The summed E-state index contributed by atoms with van der Waals surface area (Å²) >= 11 is 0. The highest BCUT2D eigenvalue weighted by Crippen LogP contribution is 2.24. The van der Waals surface area contributed by atoms with Gasteiger partial charge in [0.2, 0.25) is 0 Å². The first-order valence-electron chi connectivity index (χ1n) is 8.34. The van der Waals surface area contributed by atoms with Gasteiger partial charge in [0.15, 0.2) is 0 Å². The van der Waals surface area contributed by atoms with Crippen LogP contribution in [-0.4, -0.2) is 35.6 Å². The number of rotatable bonds is 7. The molecule has 1 rings (SSSR count). The fraction of sp³-hybridized carbons (Fsp3) is 0.941. The highest BCUT2D eigenvalue weighted by Gasteiger charge is 2.34. The Hall–Kier alpha value is -0.570. The van der Waals surface area contributed by atoms with Crippen LogP contribution in [0.5, 0.6) is 0 Å². The smallest absolute Gasteiger partial charge is 0.323 e. The van der Waals surface area contributed by atoms with E-state index in [1.165, 1.54) is 25.7 Å². The van der Waals surface area contributed by atoms with E-state index in [0.29, 0.717) is 0 Å². The van der Waals surface area contributed by atoms with Crippen LogP contribution in [0.3, 0.4) is 0 Å². The van der Waals surface area contributed by atoms with E-state index in [2.05, 4.69) is 18.7 Å². The molecule has 0 aliphatic carbocycles. The molecule has 0 amide bonds. The minimum Gasteiger partial charge on any atom is -0.459 e. The quantitative estimate of drug-likeness (QED) is 0.661. The van der Waals surface area contributed by atoms with Gasteiger partial charge in [-0.3, -0.25) is 9.69 Å². The molecule has 20 heavy (non-hydrogen) atoms. The second-order valence-corrected chi connectivity index (χ2v) is 7.10. The number of hydrogen-bond donors (Lipinski definition) is 0. The summed E-state index contributed by atoms with van der Waals surface area (Å²) in [6.45, 7) is 12.4. The van der Waals surface area contributed by atoms with Gasteiger partial charge in [-0.2, -0.15) is 0 Å². The minimum atomic E-state index is -0.377. The number of hydrogen-bond acceptors (Lipinski definition) is 3. The van der Waals surface area contributed by atoms with E-state index < -0.39 is 0 Å². The first-order chi connectivity index (χ1) is 9.37. The monoisotopic (exact) mass is 283 g/mol. The molecule has 1 aliphatic heterocycles. The largest absolute Gasteiger partial charge is 0.459 e. The molecule has 1 fully saturated rings. The zero-order valence-electron chi connectivity index (χ0n) is 14.1. The molecule has 0 radical (unpaired) electrons. The fourth-order valence-corrected chi connectivity index (χ4v) is 2.93. The topological polar surface area (TPSA) is 29.5 Å². The van der Waals surface area contributed by atoms with Gasteiger partial charge in [0, 0.05) is 6.54 Å². The van der Waals surface area contributed by atoms with Crippen LogP contribution in [0.1, 0.15) is 73.1 Å². The van der Waals surface area contributed by atoms with Gasteiger partial charge in [-0.05, 0) is 52.5 Å². The van der Waals surface area contributed by atoms with E-state index in [0.717, 1.165) is 31.8 Å². The van der Waals surface area contributed by atoms with Crippen LogP contribution in [0.2, 0.25) is 0 Å². The van der Waals surface area contributed by atoms with Crippen LogP contribution < -0.4 is 0 Å². The number of likely N-dealkylation sites (tertiary alicyclic amines) is 1. The van der Waals surface area contributed by atoms with E-state index in [4.69, 9.17) is 4.74 Å². The van der Waals surface area contributed by atoms with E-state index in [1.807, 2.05) is 20.8 Å². The molecular weight excluding hydrogens is 250 g/mol. The third kappa shape index (κ3) is 5.82. The third-order valence-corrected chi connectivity index (χ3v) is 4.08. The van der Waals surface area contributed by atoms with Crippen LogP contribution in [0.4, 0.5) is 0 Å². The maximum Gasteiger partial charge on any atom is 0.323 e. The van der Waals surface area contributed by atoms with Crippen molar-refractivity contribution in [3.63, 3.8) is 0 Å². The Morgan fingerprint density at radius 2 is 2.05 bits per heavy atom. The minimum absolute atomic E-state index is 0.00935. The predicted octanol–water partition coefficient (Wildman–Crippen LogP) is 4.01. The Balaban J connectivity index is 2.53. The van der Waals surface area contributed by atoms with Crippen molar-refractivity contribution >= 4 is 5.97 Å². The van der Waals surface area contributed by atoms with Crippen molar-refractivity contribution in [3.05, 3.63) is 0 Å². The standard InChI is InChI=1S/C17H33NO2/c1-6-8-10-14(7-2)13-18-12-9-11-15(18)16(19)20-17(3,4)5/h14-15H,6-13H2,1-5H3/t14?,15-/m1/s1. The average molecular weight is 283 g/mol. The van der Waals surface area contributed by atoms with Gasteiger partial charge < -0.3 is 4.74 Å². The van der Waals surface area contributed by atoms with Gasteiger partial charge in [0.1, 0.15) is 11.6 Å². The first kappa shape index (κ1) is 17.5. The van der Waals surface area contributed by atoms with Crippen molar-refractivity contribution in [2.24, 2.45) is 5.92 Å². The molecule has 0 aromatic carbocycles. The molecule has 1 unspecified atom stereocenters. The number of carbonyl (C=O) groups is 1. The lowest BCUT2D eigenvalue weighted by Crippen LogP contribution is -2.42. The lowest BCUT2D eigenvalue weighted by molar-refractivity contribution is -0.160. The predicted molar refractivity (Wildman–Crippen MR) is 83.7 cm³/mol. The Bertz CT molecular complexity index is 296. The SMILES string of the molecule is CCCCC(CC)CN1CCC[C@@H]1C(=O)OC(C)(C)C. The van der Waals surface area contributed by atoms with E-state index in [1.54, 1.807) is 0 Å². The molecule has 0 bridgehead atoms. The summed E-state index contributed by atoms with van der Waals surface area (Å²) in [4.78, 5) is 14.7. The molecular formula is C17H33NO2.